The first-order chi connectivity index (χ1) is 12.1. The lowest BCUT2D eigenvalue weighted by Crippen LogP contribution is -2.23. The zero-order chi connectivity index (χ0) is 17.8. The van der Waals surface area contributed by atoms with Crippen LogP contribution < -0.4 is 10.1 Å². The van der Waals surface area contributed by atoms with Crippen LogP contribution in [0.3, 0.4) is 0 Å². The molecule has 0 saturated carbocycles. The maximum absolute atomic E-state index is 12.3. The Balaban J connectivity index is 1.74. The van der Waals surface area contributed by atoms with E-state index in [4.69, 9.17) is 9.47 Å². The summed E-state index contributed by atoms with van der Waals surface area (Å²) in [4.78, 5) is 24.1. The molecule has 0 radical (unpaired) electrons. The van der Waals surface area contributed by atoms with Gasteiger partial charge in [0.05, 0.1) is 19.8 Å². The summed E-state index contributed by atoms with van der Waals surface area (Å²) in [5.74, 6) is -0.325. The van der Waals surface area contributed by atoms with Crippen molar-refractivity contribution in [1.29, 1.82) is 0 Å². The minimum atomic E-state index is -0.497. The molecule has 3 aromatic rings. The van der Waals surface area contributed by atoms with Crippen molar-refractivity contribution < 1.29 is 19.1 Å². The van der Waals surface area contributed by atoms with E-state index in [2.05, 4.69) is 15.5 Å². The van der Waals surface area contributed by atoms with E-state index in [0.717, 1.165) is 5.56 Å². The number of methoxy groups -OCH3 is 2. The summed E-state index contributed by atoms with van der Waals surface area (Å²) in [5, 5.41) is 10.5. The molecule has 2 heterocycles. The van der Waals surface area contributed by atoms with Gasteiger partial charge in [-0.3, -0.25) is 9.20 Å². The second kappa shape index (κ2) is 7.00. The van der Waals surface area contributed by atoms with E-state index in [1.807, 2.05) is 0 Å². The molecule has 0 spiro atoms. The molecular formula is C17H16N4O4. The molecule has 0 aliphatic carbocycles. The highest BCUT2D eigenvalue weighted by molar-refractivity contribution is 5.94. The standard InChI is InChI=1S/C17H16N4O4/c1-24-14-5-3-11(7-13(14)17(23)25-2)8-18-16(22)12-4-6-15-20-19-10-21(15)9-12/h3-7,9-10H,8H2,1-2H3,(H,18,22). The molecule has 3 rings (SSSR count). The molecule has 0 unspecified atom stereocenters. The molecule has 0 aliphatic rings. The van der Waals surface area contributed by atoms with Gasteiger partial charge in [0.2, 0.25) is 0 Å². The highest BCUT2D eigenvalue weighted by Gasteiger charge is 2.14. The number of benzene rings is 1. The van der Waals surface area contributed by atoms with Crippen LogP contribution in [0.1, 0.15) is 26.3 Å². The first-order valence-corrected chi connectivity index (χ1v) is 7.45. The number of aromatic nitrogens is 3. The van der Waals surface area contributed by atoms with Crippen LogP contribution >= 0.6 is 0 Å². The van der Waals surface area contributed by atoms with Crippen molar-refractivity contribution in [2.24, 2.45) is 0 Å². The van der Waals surface area contributed by atoms with E-state index in [-0.39, 0.29) is 12.5 Å². The molecule has 0 bridgehead atoms. The van der Waals surface area contributed by atoms with Crippen molar-refractivity contribution in [3.05, 3.63) is 59.5 Å². The Hall–Kier alpha value is -3.42. The van der Waals surface area contributed by atoms with Crippen molar-refractivity contribution in [2.75, 3.05) is 14.2 Å². The Labute approximate surface area is 143 Å². The molecule has 8 heteroatoms. The van der Waals surface area contributed by atoms with Crippen LogP contribution in [0.5, 0.6) is 5.75 Å². The van der Waals surface area contributed by atoms with Gasteiger partial charge in [-0.15, -0.1) is 10.2 Å². The van der Waals surface area contributed by atoms with E-state index >= 15 is 0 Å². The summed E-state index contributed by atoms with van der Waals surface area (Å²) >= 11 is 0. The number of carbonyl (C=O) groups is 2. The van der Waals surface area contributed by atoms with Crippen molar-refractivity contribution in [2.45, 2.75) is 6.54 Å². The number of nitrogens with one attached hydrogen (secondary N) is 1. The molecule has 0 aliphatic heterocycles. The summed E-state index contributed by atoms with van der Waals surface area (Å²) in [6.45, 7) is 0.257. The van der Waals surface area contributed by atoms with E-state index in [1.165, 1.54) is 20.5 Å². The molecule has 1 amide bonds. The number of pyridine rings is 1. The molecule has 1 N–H and O–H groups in total. The quantitative estimate of drug-likeness (QED) is 0.707. The molecular weight excluding hydrogens is 324 g/mol. The van der Waals surface area contributed by atoms with Crippen molar-refractivity contribution in [1.82, 2.24) is 19.9 Å². The highest BCUT2D eigenvalue weighted by Crippen LogP contribution is 2.20. The summed E-state index contributed by atoms with van der Waals surface area (Å²) in [6, 6.07) is 8.46. The van der Waals surface area contributed by atoms with Gasteiger partial charge in [0, 0.05) is 12.7 Å². The van der Waals surface area contributed by atoms with Crippen molar-refractivity contribution in [3.8, 4) is 5.75 Å². The van der Waals surface area contributed by atoms with Gasteiger partial charge in [0.25, 0.3) is 5.91 Å². The number of hydrogen-bond donors (Lipinski definition) is 1. The van der Waals surface area contributed by atoms with Gasteiger partial charge < -0.3 is 14.8 Å². The molecule has 0 saturated heterocycles. The van der Waals surface area contributed by atoms with Gasteiger partial charge in [0.1, 0.15) is 17.6 Å². The van der Waals surface area contributed by atoms with Crippen molar-refractivity contribution in [3.63, 3.8) is 0 Å². The normalized spacial score (nSPS) is 10.5. The molecule has 128 valence electrons. The van der Waals surface area contributed by atoms with Gasteiger partial charge in [-0.2, -0.15) is 0 Å². The third-order valence-corrected chi connectivity index (χ3v) is 3.68. The highest BCUT2D eigenvalue weighted by atomic mass is 16.5. The number of esters is 1. The Morgan fingerprint density at radius 1 is 1.20 bits per heavy atom. The number of hydrogen-bond acceptors (Lipinski definition) is 6. The lowest BCUT2D eigenvalue weighted by molar-refractivity contribution is 0.0597. The Bertz CT molecular complexity index is 935. The average molecular weight is 340 g/mol. The smallest absolute Gasteiger partial charge is 0.341 e. The van der Waals surface area contributed by atoms with E-state index < -0.39 is 5.97 Å². The Kier molecular flexibility index (Phi) is 4.60. The summed E-state index contributed by atoms with van der Waals surface area (Å²) in [5.41, 5.74) is 2.20. The van der Waals surface area contributed by atoms with Crippen LogP contribution in [0, 0.1) is 0 Å². The molecule has 2 aromatic heterocycles. The summed E-state index contributed by atoms with van der Waals surface area (Å²) < 4.78 is 11.6. The SMILES string of the molecule is COC(=O)c1cc(CNC(=O)c2ccc3nncn3c2)ccc1OC. The fourth-order valence-electron chi connectivity index (χ4n) is 2.38. The molecule has 0 fully saturated rings. The Morgan fingerprint density at radius 2 is 2.04 bits per heavy atom. The van der Waals surface area contributed by atoms with Crippen LogP contribution in [0.25, 0.3) is 5.65 Å². The van der Waals surface area contributed by atoms with Gasteiger partial charge in [-0.05, 0) is 29.8 Å². The zero-order valence-electron chi connectivity index (χ0n) is 13.7. The van der Waals surface area contributed by atoms with Crippen LogP contribution in [-0.4, -0.2) is 40.7 Å². The second-order valence-electron chi connectivity index (χ2n) is 5.22. The Morgan fingerprint density at radius 3 is 2.80 bits per heavy atom. The largest absolute Gasteiger partial charge is 0.496 e. The van der Waals surface area contributed by atoms with Crippen LogP contribution in [-0.2, 0) is 11.3 Å². The molecule has 25 heavy (non-hydrogen) atoms. The van der Waals surface area contributed by atoms with Gasteiger partial charge in [-0.1, -0.05) is 6.07 Å². The van der Waals surface area contributed by atoms with Gasteiger partial charge in [-0.25, -0.2) is 4.79 Å². The van der Waals surface area contributed by atoms with Gasteiger partial charge in [0.15, 0.2) is 5.65 Å². The fraction of sp³-hybridized carbons (Fsp3) is 0.176. The lowest BCUT2D eigenvalue weighted by atomic mass is 10.1. The minimum Gasteiger partial charge on any atom is -0.496 e. The number of nitrogens with zero attached hydrogens (tertiary/aromatic N) is 3. The topological polar surface area (TPSA) is 94.8 Å². The average Bonchev–Trinajstić information content (AvgIpc) is 3.12. The minimum absolute atomic E-state index is 0.244. The first-order valence-electron chi connectivity index (χ1n) is 7.45. The number of ether oxygens (including phenoxy) is 2. The van der Waals surface area contributed by atoms with E-state index in [1.54, 1.807) is 40.9 Å². The van der Waals surface area contributed by atoms with E-state index in [9.17, 15) is 9.59 Å². The summed E-state index contributed by atoms with van der Waals surface area (Å²) in [7, 11) is 2.78. The lowest BCUT2D eigenvalue weighted by Gasteiger charge is -2.10. The number of fused-ring (bicyclic) bond motifs is 1. The van der Waals surface area contributed by atoms with E-state index in [0.29, 0.717) is 22.5 Å². The third kappa shape index (κ3) is 3.42. The number of amides is 1. The van der Waals surface area contributed by atoms with Crippen LogP contribution in [0.2, 0.25) is 0 Å². The fourth-order valence-corrected chi connectivity index (χ4v) is 2.38. The molecule has 8 nitrogen and oxygen atoms in total. The number of carbonyl (C=O) groups excluding carboxylic acids is 2. The molecule has 0 atom stereocenters. The van der Waals surface area contributed by atoms with Crippen LogP contribution in [0.15, 0.2) is 42.9 Å². The zero-order valence-corrected chi connectivity index (χ0v) is 13.7. The summed E-state index contributed by atoms with van der Waals surface area (Å²) in [6.07, 6.45) is 3.18. The second-order valence-corrected chi connectivity index (χ2v) is 5.22. The predicted molar refractivity (Wildman–Crippen MR) is 88.5 cm³/mol. The number of rotatable bonds is 5. The molecule has 1 aromatic carbocycles. The van der Waals surface area contributed by atoms with Gasteiger partial charge >= 0.3 is 5.97 Å². The monoisotopic (exact) mass is 340 g/mol. The third-order valence-electron chi connectivity index (χ3n) is 3.68. The van der Waals surface area contributed by atoms with Crippen molar-refractivity contribution >= 4 is 17.5 Å². The predicted octanol–water partition coefficient (Wildman–Crippen LogP) is 1.45. The van der Waals surface area contributed by atoms with Crippen LogP contribution in [0.4, 0.5) is 0 Å². The maximum Gasteiger partial charge on any atom is 0.341 e. The first kappa shape index (κ1) is 16.4. The maximum atomic E-state index is 12.3.